The third kappa shape index (κ3) is 2.97. The van der Waals surface area contributed by atoms with Crippen molar-refractivity contribution in [3.8, 4) is 5.75 Å². The minimum Gasteiger partial charge on any atom is -0.497 e. The lowest BCUT2D eigenvalue weighted by molar-refractivity contribution is 0.0945. The number of ether oxygens (including phenoxy) is 1. The van der Waals surface area contributed by atoms with Crippen LogP contribution in [0, 0.1) is 6.92 Å². The van der Waals surface area contributed by atoms with Crippen LogP contribution in [-0.2, 0) is 10.0 Å². The van der Waals surface area contributed by atoms with E-state index in [0.29, 0.717) is 11.4 Å². The number of carbonyl (C=O) groups excluding carboxylic acids is 1. The molecule has 0 bridgehead atoms. The van der Waals surface area contributed by atoms with Crippen molar-refractivity contribution in [2.24, 2.45) is 0 Å². The maximum absolute atomic E-state index is 12.0. The lowest BCUT2D eigenvalue weighted by Gasteiger charge is -2.06. The highest BCUT2D eigenvalue weighted by atomic mass is 32.2. The molecule has 8 heteroatoms. The highest BCUT2D eigenvalue weighted by Crippen LogP contribution is 2.17. The van der Waals surface area contributed by atoms with E-state index in [1.807, 2.05) is 4.72 Å². The van der Waals surface area contributed by atoms with Crippen LogP contribution in [0.2, 0.25) is 0 Å². The van der Waals surface area contributed by atoms with Gasteiger partial charge in [-0.1, -0.05) is 11.2 Å². The zero-order chi connectivity index (χ0) is 14.8. The second-order valence-electron chi connectivity index (χ2n) is 3.95. The number of sulfonamides is 1. The molecular weight excluding hydrogens is 284 g/mol. The van der Waals surface area contributed by atoms with Crippen LogP contribution in [0.25, 0.3) is 0 Å². The summed E-state index contributed by atoms with van der Waals surface area (Å²) >= 11 is 0. The predicted molar refractivity (Wildman–Crippen MR) is 68.9 cm³/mol. The van der Waals surface area contributed by atoms with Gasteiger partial charge in [0.15, 0.2) is 0 Å². The lowest BCUT2D eigenvalue weighted by Crippen LogP contribution is -2.30. The third-order valence-corrected chi connectivity index (χ3v) is 3.76. The molecule has 1 aromatic carbocycles. The Kier molecular flexibility index (Phi) is 3.75. The summed E-state index contributed by atoms with van der Waals surface area (Å²) in [6.07, 6.45) is 0. The number of hydrogen-bond donors (Lipinski definition) is 1. The molecule has 0 radical (unpaired) electrons. The van der Waals surface area contributed by atoms with Crippen molar-refractivity contribution in [3.05, 3.63) is 41.8 Å². The van der Waals surface area contributed by atoms with Gasteiger partial charge in [-0.3, -0.25) is 4.79 Å². The first-order chi connectivity index (χ1) is 9.42. The maximum atomic E-state index is 12.0. The second-order valence-corrected chi connectivity index (χ2v) is 5.63. The summed E-state index contributed by atoms with van der Waals surface area (Å²) in [6.45, 7) is 1.62. The van der Waals surface area contributed by atoms with E-state index in [2.05, 4.69) is 5.16 Å². The summed E-state index contributed by atoms with van der Waals surface area (Å²) in [6, 6.07) is 7.11. The second kappa shape index (κ2) is 5.33. The van der Waals surface area contributed by atoms with Gasteiger partial charge in [-0.25, -0.2) is 13.1 Å². The van der Waals surface area contributed by atoms with E-state index in [0.717, 1.165) is 0 Å². The third-order valence-electron chi connectivity index (χ3n) is 2.43. The number of carbonyl (C=O) groups is 1. The standard InChI is InChI=1S/C12H12N2O5S/c1-8-6-11(19-13-8)12(15)14-20(16,17)10-5-3-4-9(7-10)18-2/h3-7H,1-2H3,(H,14,15). The minimum absolute atomic E-state index is 0.0820. The van der Waals surface area contributed by atoms with E-state index < -0.39 is 15.9 Å². The normalized spacial score (nSPS) is 11.1. The van der Waals surface area contributed by atoms with Gasteiger partial charge in [-0.05, 0) is 19.1 Å². The predicted octanol–water partition coefficient (Wildman–Crippen LogP) is 1.11. The summed E-state index contributed by atoms with van der Waals surface area (Å²) in [5.74, 6) is -0.682. The number of benzene rings is 1. The van der Waals surface area contributed by atoms with Crippen molar-refractivity contribution in [1.82, 2.24) is 9.88 Å². The van der Waals surface area contributed by atoms with Crippen LogP contribution in [0.3, 0.4) is 0 Å². The Labute approximate surface area is 115 Å². The molecule has 1 N–H and O–H groups in total. The van der Waals surface area contributed by atoms with Crippen LogP contribution < -0.4 is 9.46 Å². The fraction of sp³-hybridized carbons (Fsp3) is 0.167. The van der Waals surface area contributed by atoms with Crippen molar-refractivity contribution in [3.63, 3.8) is 0 Å². The van der Waals surface area contributed by atoms with Crippen molar-refractivity contribution >= 4 is 15.9 Å². The topological polar surface area (TPSA) is 98.5 Å². The molecule has 20 heavy (non-hydrogen) atoms. The van der Waals surface area contributed by atoms with Gasteiger partial charge in [0.1, 0.15) is 5.75 Å². The Morgan fingerprint density at radius 3 is 2.70 bits per heavy atom. The van der Waals surface area contributed by atoms with E-state index in [9.17, 15) is 13.2 Å². The number of hydrogen-bond acceptors (Lipinski definition) is 6. The molecule has 0 unspecified atom stereocenters. The van der Waals surface area contributed by atoms with E-state index in [1.165, 1.54) is 31.4 Å². The van der Waals surface area contributed by atoms with Gasteiger partial charge < -0.3 is 9.26 Å². The van der Waals surface area contributed by atoms with E-state index in [-0.39, 0.29) is 10.7 Å². The molecule has 0 aliphatic carbocycles. The van der Waals surface area contributed by atoms with Gasteiger partial charge in [0.25, 0.3) is 10.0 Å². The Bertz CT molecular complexity index is 736. The van der Waals surface area contributed by atoms with E-state index in [1.54, 1.807) is 13.0 Å². The summed E-state index contributed by atoms with van der Waals surface area (Å²) in [7, 11) is -2.58. The molecule has 1 heterocycles. The molecular formula is C12H12N2O5S. The van der Waals surface area contributed by atoms with Gasteiger partial charge in [-0.2, -0.15) is 0 Å². The van der Waals surface area contributed by atoms with Crippen LogP contribution in [-0.4, -0.2) is 26.6 Å². The number of aromatic nitrogens is 1. The number of aryl methyl sites for hydroxylation is 1. The molecule has 0 saturated carbocycles. The lowest BCUT2D eigenvalue weighted by atomic mass is 10.3. The molecule has 1 amide bonds. The molecule has 7 nitrogen and oxygen atoms in total. The Hall–Kier alpha value is -2.35. The van der Waals surface area contributed by atoms with Crippen molar-refractivity contribution in [2.75, 3.05) is 7.11 Å². The molecule has 0 aliphatic rings. The molecule has 0 saturated heterocycles. The fourth-order valence-corrected chi connectivity index (χ4v) is 2.46. The Balaban J connectivity index is 2.24. The average Bonchev–Trinajstić information content (AvgIpc) is 2.85. The quantitative estimate of drug-likeness (QED) is 0.907. The first kappa shape index (κ1) is 14.1. The molecule has 0 aliphatic heterocycles. The van der Waals surface area contributed by atoms with Gasteiger partial charge >= 0.3 is 5.91 Å². The van der Waals surface area contributed by atoms with Crippen molar-refractivity contribution < 1.29 is 22.5 Å². The van der Waals surface area contributed by atoms with Gasteiger partial charge in [0.2, 0.25) is 5.76 Å². The number of methoxy groups -OCH3 is 1. The number of amides is 1. The zero-order valence-corrected chi connectivity index (χ0v) is 11.6. The van der Waals surface area contributed by atoms with Gasteiger partial charge in [0, 0.05) is 12.1 Å². The number of rotatable bonds is 4. The highest BCUT2D eigenvalue weighted by Gasteiger charge is 2.21. The average molecular weight is 296 g/mol. The van der Waals surface area contributed by atoms with Gasteiger partial charge in [-0.15, -0.1) is 0 Å². The maximum Gasteiger partial charge on any atom is 0.303 e. The summed E-state index contributed by atoms with van der Waals surface area (Å²) in [5, 5.41) is 3.52. The summed E-state index contributed by atoms with van der Waals surface area (Å²) in [5.41, 5.74) is 0.480. The first-order valence-electron chi connectivity index (χ1n) is 5.57. The molecule has 106 valence electrons. The summed E-state index contributed by atoms with van der Waals surface area (Å²) in [4.78, 5) is 11.7. The molecule has 2 rings (SSSR count). The first-order valence-corrected chi connectivity index (χ1v) is 7.05. The molecule has 2 aromatic rings. The number of nitrogens with one attached hydrogen (secondary N) is 1. The molecule has 0 atom stereocenters. The van der Waals surface area contributed by atoms with Crippen LogP contribution in [0.4, 0.5) is 0 Å². The van der Waals surface area contributed by atoms with E-state index >= 15 is 0 Å². The van der Waals surface area contributed by atoms with Crippen LogP contribution in [0.5, 0.6) is 5.75 Å². The SMILES string of the molecule is COc1cccc(S(=O)(=O)NC(=O)c2cc(C)no2)c1. The zero-order valence-electron chi connectivity index (χ0n) is 10.8. The van der Waals surface area contributed by atoms with Crippen LogP contribution in [0.15, 0.2) is 39.8 Å². The molecule has 0 fully saturated rings. The molecule has 0 spiro atoms. The summed E-state index contributed by atoms with van der Waals surface area (Å²) < 4.78 is 35.6. The van der Waals surface area contributed by atoms with Crippen LogP contribution >= 0.6 is 0 Å². The minimum atomic E-state index is -4.00. The monoisotopic (exact) mass is 296 g/mol. The molecule has 1 aromatic heterocycles. The fourth-order valence-electron chi connectivity index (χ4n) is 1.47. The Morgan fingerprint density at radius 2 is 2.10 bits per heavy atom. The highest BCUT2D eigenvalue weighted by molar-refractivity contribution is 7.90. The largest absolute Gasteiger partial charge is 0.497 e. The Morgan fingerprint density at radius 1 is 1.35 bits per heavy atom. The van der Waals surface area contributed by atoms with Gasteiger partial charge in [0.05, 0.1) is 17.7 Å². The van der Waals surface area contributed by atoms with Crippen LogP contribution in [0.1, 0.15) is 16.2 Å². The van der Waals surface area contributed by atoms with Crippen molar-refractivity contribution in [2.45, 2.75) is 11.8 Å². The van der Waals surface area contributed by atoms with E-state index in [4.69, 9.17) is 9.26 Å². The number of nitrogens with zero attached hydrogens (tertiary/aromatic N) is 1. The smallest absolute Gasteiger partial charge is 0.303 e. The van der Waals surface area contributed by atoms with Crippen molar-refractivity contribution in [1.29, 1.82) is 0 Å².